The van der Waals surface area contributed by atoms with Crippen LogP contribution in [0.4, 0.5) is 0 Å². The molecule has 0 aromatic carbocycles. The second-order valence-electron chi connectivity index (χ2n) is 1.53. The first-order chi connectivity index (χ1) is 3.77. The Morgan fingerprint density at radius 2 is 2.25 bits per heavy atom. The Labute approximate surface area is 64.3 Å². The number of hydrogen-bond donors (Lipinski definition) is 0. The number of rotatable bonds is 4. The summed E-state index contributed by atoms with van der Waals surface area (Å²) in [5.74, 6) is 0. The number of hydrogen-bond acceptors (Lipinski definition) is 2. The molecule has 0 spiro atoms. The molecule has 0 aliphatic heterocycles. The normalized spacial score (nSPS) is 8.62. The van der Waals surface area contributed by atoms with Crippen LogP contribution in [0.15, 0.2) is 0 Å². The van der Waals surface area contributed by atoms with Crippen LogP contribution in [0.2, 0.25) is 0 Å². The molecule has 44 valence electrons. The molecule has 0 unspecified atom stereocenters. The summed E-state index contributed by atoms with van der Waals surface area (Å²) >= 11 is 0.451. The average molecular weight is 307 g/mol. The van der Waals surface area contributed by atoms with Crippen molar-refractivity contribution in [1.29, 1.82) is 0 Å². The summed E-state index contributed by atoms with van der Waals surface area (Å²) in [5, 5.41) is 0. The van der Waals surface area contributed by atoms with E-state index in [1.54, 1.807) is 0 Å². The molecular weight excluding hydrogens is 299 g/mol. The molecule has 0 rings (SSSR count). The maximum absolute atomic E-state index is 10.3. The minimum atomic E-state index is 0.326. The van der Waals surface area contributed by atoms with Gasteiger partial charge in [-0.05, 0) is 0 Å². The Bertz CT molecular complexity index is 90.4. The monoisotopic (exact) mass is 308 g/mol. The fourth-order valence-electron chi connectivity index (χ4n) is 0.360. The zero-order chi connectivity index (χ0) is 6.41. The van der Waals surface area contributed by atoms with Gasteiger partial charge in [-0.2, -0.15) is 0 Å². The minimum absolute atomic E-state index is 0.326. The molecule has 2 radical (unpaired) electrons. The van der Waals surface area contributed by atoms with Crippen LogP contribution in [0.5, 0.6) is 0 Å². The van der Waals surface area contributed by atoms with Crippen molar-refractivity contribution in [1.82, 2.24) is 0 Å². The van der Waals surface area contributed by atoms with Crippen molar-refractivity contribution in [2.24, 2.45) is 0 Å². The van der Waals surface area contributed by atoms with E-state index in [-0.39, 0.29) is 0 Å². The van der Waals surface area contributed by atoms with Gasteiger partial charge in [0.05, 0.1) is 0 Å². The van der Waals surface area contributed by atoms with E-state index in [0.29, 0.717) is 42.0 Å². The third kappa shape index (κ3) is 6.26. The van der Waals surface area contributed by atoms with E-state index in [0.717, 1.165) is 12.7 Å². The Morgan fingerprint density at radius 3 is 2.62 bits per heavy atom. The fourth-order valence-corrected chi connectivity index (χ4v) is 1.15. The summed E-state index contributed by atoms with van der Waals surface area (Å²) < 4.78 is 0.326. The van der Waals surface area contributed by atoms with Crippen LogP contribution >= 0.6 is 0 Å². The summed E-state index contributed by atoms with van der Waals surface area (Å²) in [6, 6.07) is 0. The van der Waals surface area contributed by atoms with Crippen molar-refractivity contribution in [2.75, 3.05) is 0 Å². The van der Waals surface area contributed by atoms with E-state index in [1.807, 2.05) is 0 Å². The number of aldehydes is 1. The van der Waals surface area contributed by atoms with Gasteiger partial charge in [0, 0.05) is 0 Å². The van der Waals surface area contributed by atoms with Gasteiger partial charge in [0.25, 0.3) is 0 Å². The Balaban J connectivity index is 2.93. The van der Waals surface area contributed by atoms with E-state index in [1.165, 1.54) is 0 Å². The molecule has 0 bridgehead atoms. The van der Waals surface area contributed by atoms with E-state index < -0.39 is 0 Å². The first-order valence-electron chi connectivity index (χ1n) is 2.49. The molecule has 0 aromatic rings. The predicted octanol–water partition coefficient (Wildman–Crippen LogP) is -0.217. The van der Waals surface area contributed by atoms with Crippen LogP contribution in [-0.2, 0) is 9.59 Å². The second kappa shape index (κ2) is 5.40. The predicted molar refractivity (Wildman–Crippen MR) is 32.1 cm³/mol. The number of carbonyl (C=O) groups is 2. The van der Waals surface area contributed by atoms with Crippen LogP contribution < -0.4 is 0 Å². The van der Waals surface area contributed by atoms with Crippen molar-refractivity contribution in [3.05, 3.63) is 0 Å². The van der Waals surface area contributed by atoms with Crippen molar-refractivity contribution < 1.29 is 9.59 Å². The Kier molecular flexibility index (Phi) is 5.58. The molecule has 0 aliphatic carbocycles. The van der Waals surface area contributed by atoms with Gasteiger partial charge in [-0.1, -0.05) is 0 Å². The van der Waals surface area contributed by atoms with Crippen molar-refractivity contribution >= 4 is 35.4 Å². The molecule has 0 aromatic heterocycles. The van der Waals surface area contributed by atoms with Gasteiger partial charge in [0.2, 0.25) is 0 Å². The first kappa shape index (κ1) is 8.26. The third-order valence-corrected chi connectivity index (χ3v) is 1.87. The van der Waals surface area contributed by atoms with Crippen LogP contribution in [0.25, 0.3) is 0 Å². The molecule has 0 N–H and O–H groups in total. The van der Waals surface area contributed by atoms with Crippen LogP contribution in [-0.4, -0.2) is 35.4 Å². The van der Waals surface area contributed by atoms with Crippen LogP contribution in [0, 0.1) is 0 Å². The molecule has 0 heterocycles. The molecule has 0 saturated carbocycles. The standard InChI is InChI=1S/C5H7O2.Pb.H/c6-4-2-1-3-5-7;;/h4H,1-3H2;;. The Morgan fingerprint density at radius 1 is 1.62 bits per heavy atom. The van der Waals surface area contributed by atoms with E-state index in [4.69, 9.17) is 0 Å². The Hall–Kier alpha value is 0.262. The maximum atomic E-state index is 10.3. The van der Waals surface area contributed by atoms with Crippen molar-refractivity contribution in [3.8, 4) is 0 Å². The molecule has 0 atom stereocenters. The van der Waals surface area contributed by atoms with Gasteiger partial charge >= 0.3 is 64.2 Å². The zero-order valence-electron chi connectivity index (χ0n) is 4.59. The number of carbonyl (C=O) groups excluding carboxylic acids is 2. The number of unbranched alkanes of at least 4 members (excludes halogenated alkanes) is 1. The molecule has 0 aliphatic rings. The SMILES string of the molecule is O=CCCC[C](=O)[PbH]. The quantitative estimate of drug-likeness (QED) is 0.409. The summed E-state index contributed by atoms with van der Waals surface area (Å²) in [5.41, 5.74) is 0. The van der Waals surface area contributed by atoms with E-state index in [9.17, 15) is 9.59 Å². The van der Waals surface area contributed by atoms with E-state index >= 15 is 0 Å². The average Bonchev–Trinajstić information content (AvgIpc) is 1.66. The van der Waals surface area contributed by atoms with Crippen molar-refractivity contribution in [3.63, 3.8) is 0 Å². The molecular formula is C5H8O2Pb. The topological polar surface area (TPSA) is 34.1 Å². The van der Waals surface area contributed by atoms with Crippen LogP contribution in [0.1, 0.15) is 19.3 Å². The molecule has 0 fully saturated rings. The van der Waals surface area contributed by atoms with Crippen molar-refractivity contribution in [2.45, 2.75) is 19.3 Å². The molecule has 3 heteroatoms. The molecule has 8 heavy (non-hydrogen) atoms. The van der Waals surface area contributed by atoms with Gasteiger partial charge in [0.1, 0.15) is 0 Å². The summed E-state index contributed by atoms with van der Waals surface area (Å²) in [6.45, 7) is 0. The summed E-state index contributed by atoms with van der Waals surface area (Å²) in [6.07, 6.45) is 2.76. The second-order valence-corrected chi connectivity index (χ2v) is 4.03. The third-order valence-electron chi connectivity index (χ3n) is 0.745. The van der Waals surface area contributed by atoms with E-state index in [2.05, 4.69) is 0 Å². The van der Waals surface area contributed by atoms with Gasteiger partial charge in [0.15, 0.2) is 0 Å². The van der Waals surface area contributed by atoms with Crippen LogP contribution in [0.3, 0.4) is 0 Å². The fraction of sp³-hybridized carbons (Fsp3) is 0.600. The first-order valence-corrected chi connectivity index (χ1v) is 4.73. The van der Waals surface area contributed by atoms with Gasteiger partial charge in [-0.15, -0.1) is 0 Å². The summed E-state index contributed by atoms with van der Waals surface area (Å²) in [7, 11) is 0. The van der Waals surface area contributed by atoms with Gasteiger partial charge in [-0.25, -0.2) is 0 Å². The summed E-state index contributed by atoms with van der Waals surface area (Å²) in [4.78, 5) is 20.0. The molecule has 0 amide bonds. The zero-order valence-corrected chi connectivity index (χ0v) is 9.08. The molecule has 2 nitrogen and oxygen atoms in total. The van der Waals surface area contributed by atoms with Gasteiger partial charge in [-0.3, -0.25) is 0 Å². The molecule has 0 saturated heterocycles. The van der Waals surface area contributed by atoms with Gasteiger partial charge < -0.3 is 0 Å².